The number of aromatic nitrogens is 2. The van der Waals surface area contributed by atoms with Gasteiger partial charge in [-0.2, -0.15) is 0 Å². The third kappa shape index (κ3) is 4.82. The number of aryl methyl sites for hydroxylation is 1. The van der Waals surface area contributed by atoms with Crippen LogP contribution in [0.25, 0.3) is 17.5 Å². The van der Waals surface area contributed by atoms with E-state index in [4.69, 9.17) is 13.9 Å². The summed E-state index contributed by atoms with van der Waals surface area (Å²) in [5.41, 5.74) is 2.79. The number of carbonyl (C=O) groups is 1. The lowest BCUT2D eigenvalue weighted by molar-refractivity contribution is -0.143. The van der Waals surface area contributed by atoms with E-state index in [1.807, 2.05) is 55.5 Å². The van der Waals surface area contributed by atoms with E-state index in [2.05, 4.69) is 10.2 Å². The second kappa shape index (κ2) is 8.31. The number of hydrogen-bond donors (Lipinski definition) is 0. The fourth-order valence-electron chi connectivity index (χ4n) is 2.39. The van der Waals surface area contributed by atoms with Crippen LogP contribution in [0.3, 0.4) is 0 Å². The van der Waals surface area contributed by atoms with E-state index in [1.165, 1.54) is 6.08 Å². The lowest BCUT2D eigenvalue weighted by Crippen LogP contribution is -2.06. The van der Waals surface area contributed by atoms with Crippen LogP contribution >= 0.6 is 0 Å². The van der Waals surface area contributed by atoms with E-state index in [0.717, 1.165) is 16.7 Å². The molecule has 6 nitrogen and oxygen atoms in total. The molecule has 2 aromatic carbocycles. The van der Waals surface area contributed by atoms with E-state index in [9.17, 15) is 4.79 Å². The minimum atomic E-state index is -0.654. The summed E-state index contributed by atoms with van der Waals surface area (Å²) in [6.07, 6.45) is 2.35. The Hall–Kier alpha value is -3.41. The lowest BCUT2D eigenvalue weighted by atomic mass is 10.1. The van der Waals surface area contributed by atoms with Crippen molar-refractivity contribution in [3.05, 3.63) is 71.6 Å². The first-order valence-corrected chi connectivity index (χ1v) is 8.48. The number of esters is 1. The number of rotatable bonds is 6. The maximum Gasteiger partial charge on any atom is 0.331 e. The first-order chi connectivity index (χ1) is 13.0. The average Bonchev–Trinajstić information content (AvgIpc) is 3.17. The van der Waals surface area contributed by atoms with Crippen LogP contribution < -0.4 is 4.74 Å². The van der Waals surface area contributed by atoms with Crippen molar-refractivity contribution in [1.82, 2.24) is 10.2 Å². The number of benzene rings is 2. The zero-order valence-electron chi connectivity index (χ0n) is 15.4. The normalized spacial score (nSPS) is 12.1. The van der Waals surface area contributed by atoms with Crippen molar-refractivity contribution < 1.29 is 18.7 Å². The van der Waals surface area contributed by atoms with Crippen molar-refractivity contribution in [2.45, 2.75) is 20.0 Å². The minimum Gasteiger partial charge on any atom is -0.497 e. The van der Waals surface area contributed by atoms with Gasteiger partial charge in [-0.3, -0.25) is 0 Å². The summed E-state index contributed by atoms with van der Waals surface area (Å²) in [6, 6.07) is 15.1. The van der Waals surface area contributed by atoms with E-state index < -0.39 is 12.1 Å². The molecule has 0 aliphatic rings. The molecule has 1 aromatic heterocycles. The highest BCUT2D eigenvalue weighted by Crippen LogP contribution is 2.23. The van der Waals surface area contributed by atoms with Gasteiger partial charge in [-0.05, 0) is 49.8 Å². The molecule has 0 spiro atoms. The van der Waals surface area contributed by atoms with Gasteiger partial charge in [0.05, 0.1) is 7.11 Å². The smallest absolute Gasteiger partial charge is 0.331 e. The summed E-state index contributed by atoms with van der Waals surface area (Å²) < 4.78 is 16.1. The Labute approximate surface area is 157 Å². The second-order valence-corrected chi connectivity index (χ2v) is 6.00. The molecule has 3 rings (SSSR count). The van der Waals surface area contributed by atoms with Crippen molar-refractivity contribution in [3.63, 3.8) is 0 Å². The van der Waals surface area contributed by atoms with Crippen molar-refractivity contribution in [3.8, 4) is 17.2 Å². The Bertz CT molecular complexity index is 945. The van der Waals surface area contributed by atoms with Crippen LogP contribution in [0.1, 0.15) is 30.0 Å². The Morgan fingerprint density at radius 3 is 2.67 bits per heavy atom. The van der Waals surface area contributed by atoms with E-state index in [-0.39, 0.29) is 5.89 Å². The van der Waals surface area contributed by atoms with Gasteiger partial charge in [0, 0.05) is 11.6 Å². The third-order valence-electron chi connectivity index (χ3n) is 3.89. The molecular formula is C21H20N2O4. The van der Waals surface area contributed by atoms with Gasteiger partial charge in [0.1, 0.15) is 5.75 Å². The van der Waals surface area contributed by atoms with E-state index in [0.29, 0.717) is 11.6 Å². The first kappa shape index (κ1) is 18.4. The molecule has 0 N–H and O–H groups in total. The molecule has 0 unspecified atom stereocenters. The Kier molecular flexibility index (Phi) is 5.66. The highest BCUT2D eigenvalue weighted by molar-refractivity contribution is 5.87. The number of nitrogens with zero attached hydrogens (tertiary/aromatic N) is 2. The summed E-state index contributed by atoms with van der Waals surface area (Å²) in [6.45, 7) is 3.69. The highest BCUT2D eigenvalue weighted by atomic mass is 16.6. The van der Waals surface area contributed by atoms with Gasteiger partial charge in [-0.25, -0.2) is 4.79 Å². The summed E-state index contributed by atoms with van der Waals surface area (Å²) >= 11 is 0. The molecule has 3 aromatic rings. The second-order valence-electron chi connectivity index (χ2n) is 6.00. The van der Waals surface area contributed by atoms with E-state index >= 15 is 0 Å². The Morgan fingerprint density at radius 2 is 1.93 bits per heavy atom. The molecule has 27 heavy (non-hydrogen) atoms. The predicted octanol–water partition coefficient (Wildman–Crippen LogP) is 4.37. The van der Waals surface area contributed by atoms with Crippen LogP contribution in [0, 0.1) is 6.92 Å². The Morgan fingerprint density at radius 1 is 1.15 bits per heavy atom. The summed E-state index contributed by atoms with van der Waals surface area (Å²) in [5.74, 6) is 0.849. The predicted molar refractivity (Wildman–Crippen MR) is 101 cm³/mol. The van der Waals surface area contributed by atoms with Crippen LogP contribution in [0.4, 0.5) is 0 Å². The van der Waals surface area contributed by atoms with Gasteiger partial charge in [0.2, 0.25) is 5.89 Å². The van der Waals surface area contributed by atoms with E-state index in [1.54, 1.807) is 20.1 Å². The van der Waals surface area contributed by atoms with Crippen LogP contribution in [0.5, 0.6) is 5.75 Å². The molecule has 138 valence electrons. The van der Waals surface area contributed by atoms with Crippen LogP contribution in [0.2, 0.25) is 0 Å². The molecule has 0 saturated carbocycles. The number of hydrogen-bond acceptors (Lipinski definition) is 6. The van der Waals surface area contributed by atoms with Gasteiger partial charge in [0.25, 0.3) is 5.89 Å². The molecule has 1 atom stereocenters. The fourth-order valence-corrected chi connectivity index (χ4v) is 2.39. The first-order valence-electron chi connectivity index (χ1n) is 8.48. The average molecular weight is 364 g/mol. The number of carbonyl (C=O) groups excluding carboxylic acids is 1. The van der Waals surface area contributed by atoms with Crippen molar-refractivity contribution in [2.24, 2.45) is 0 Å². The topological polar surface area (TPSA) is 74.5 Å². The lowest BCUT2D eigenvalue weighted by Gasteiger charge is -2.07. The largest absolute Gasteiger partial charge is 0.497 e. The SMILES string of the molecule is COc1cccc(/C=C/C(=O)O[C@H](C)c2nnc(-c3ccc(C)cc3)o2)c1. The maximum absolute atomic E-state index is 12.0. The molecule has 0 bridgehead atoms. The van der Waals surface area contributed by atoms with Gasteiger partial charge in [-0.15, -0.1) is 10.2 Å². The highest BCUT2D eigenvalue weighted by Gasteiger charge is 2.18. The molecule has 0 aliphatic heterocycles. The van der Waals surface area contributed by atoms with Gasteiger partial charge in [0.15, 0.2) is 6.10 Å². The van der Waals surface area contributed by atoms with Crippen molar-refractivity contribution in [2.75, 3.05) is 7.11 Å². The van der Waals surface area contributed by atoms with Gasteiger partial charge < -0.3 is 13.9 Å². The molecular weight excluding hydrogens is 344 g/mol. The number of methoxy groups -OCH3 is 1. The molecule has 6 heteroatoms. The van der Waals surface area contributed by atoms with Crippen LogP contribution in [-0.2, 0) is 9.53 Å². The molecule has 0 amide bonds. The summed E-state index contributed by atoms with van der Waals surface area (Å²) in [5, 5.41) is 7.99. The minimum absolute atomic E-state index is 0.244. The standard InChI is InChI=1S/C21H20N2O4/c1-14-7-10-17(11-8-14)21-23-22-20(27-21)15(2)26-19(24)12-9-16-5-4-6-18(13-16)25-3/h4-13,15H,1-3H3/b12-9+/t15-/m1/s1. The molecule has 1 heterocycles. The Balaban J connectivity index is 1.63. The van der Waals surface area contributed by atoms with Crippen LogP contribution in [-0.4, -0.2) is 23.3 Å². The zero-order valence-corrected chi connectivity index (χ0v) is 15.4. The van der Waals surface area contributed by atoms with Gasteiger partial charge >= 0.3 is 5.97 Å². The number of ether oxygens (including phenoxy) is 2. The third-order valence-corrected chi connectivity index (χ3v) is 3.89. The fraction of sp³-hybridized carbons (Fsp3) is 0.190. The maximum atomic E-state index is 12.0. The molecule has 0 saturated heterocycles. The monoisotopic (exact) mass is 364 g/mol. The van der Waals surface area contributed by atoms with Crippen LogP contribution in [0.15, 0.2) is 59.0 Å². The molecule has 0 radical (unpaired) electrons. The van der Waals surface area contributed by atoms with Crippen molar-refractivity contribution in [1.29, 1.82) is 0 Å². The van der Waals surface area contributed by atoms with Crippen molar-refractivity contribution >= 4 is 12.0 Å². The molecule has 0 fully saturated rings. The summed E-state index contributed by atoms with van der Waals surface area (Å²) in [4.78, 5) is 12.0. The molecule has 0 aliphatic carbocycles. The quantitative estimate of drug-likeness (QED) is 0.477. The summed E-state index contributed by atoms with van der Waals surface area (Å²) in [7, 11) is 1.59. The van der Waals surface area contributed by atoms with Gasteiger partial charge in [-0.1, -0.05) is 29.8 Å². The zero-order chi connectivity index (χ0) is 19.2.